The normalized spacial score (nSPS) is 12.0. The number of nitrogens with one attached hydrogen (secondary N) is 1. The average molecular weight is 316 g/mol. The zero-order valence-electron chi connectivity index (χ0n) is 13.3. The Bertz CT molecular complexity index is 666. The maximum atomic E-state index is 12.3. The van der Waals surface area contributed by atoms with Crippen molar-refractivity contribution in [3.8, 4) is 0 Å². The molecule has 0 aliphatic heterocycles. The number of hydrogen-bond acceptors (Lipinski definition) is 1. The number of benzene rings is 2. The lowest BCUT2D eigenvalue weighted by atomic mass is 9.99. The summed E-state index contributed by atoms with van der Waals surface area (Å²) in [5.74, 6) is 0.0207. The van der Waals surface area contributed by atoms with Gasteiger partial charge in [0, 0.05) is 5.02 Å². The maximum absolute atomic E-state index is 12.3. The van der Waals surface area contributed by atoms with Crippen molar-refractivity contribution >= 4 is 17.5 Å². The van der Waals surface area contributed by atoms with Gasteiger partial charge in [0.25, 0.3) is 0 Å². The molecule has 0 aromatic heterocycles. The van der Waals surface area contributed by atoms with Crippen molar-refractivity contribution in [1.29, 1.82) is 0 Å². The van der Waals surface area contributed by atoms with Crippen molar-refractivity contribution in [2.45, 2.75) is 39.7 Å². The van der Waals surface area contributed by atoms with Crippen LogP contribution in [0.2, 0.25) is 5.02 Å². The summed E-state index contributed by atoms with van der Waals surface area (Å²) in [7, 11) is 0. The van der Waals surface area contributed by atoms with E-state index >= 15 is 0 Å². The molecule has 22 heavy (non-hydrogen) atoms. The largest absolute Gasteiger partial charge is 0.349 e. The third kappa shape index (κ3) is 4.35. The van der Waals surface area contributed by atoms with Crippen LogP contribution < -0.4 is 5.32 Å². The minimum absolute atomic E-state index is 0.0207. The minimum atomic E-state index is 0.0207. The number of carbonyl (C=O) groups is 1. The van der Waals surface area contributed by atoms with E-state index in [9.17, 15) is 4.79 Å². The molecule has 2 aromatic rings. The van der Waals surface area contributed by atoms with Crippen molar-refractivity contribution in [2.75, 3.05) is 0 Å². The predicted molar refractivity (Wildman–Crippen MR) is 92.2 cm³/mol. The Morgan fingerprint density at radius 2 is 1.91 bits per heavy atom. The van der Waals surface area contributed by atoms with E-state index in [-0.39, 0.29) is 11.9 Å². The molecule has 2 aromatic carbocycles. The minimum Gasteiger partial charge on any atom is -0.349 e. The Morgan fingerprint density at radius 1 is 1.14 bits per heavy atom. The summed E-state index contributed by atoms with van der Waals surface area (Å²) in [6.07, 6.45) is 1.21. The lowest BCUT2D eigenvalue weighted by Gasteiger charge is -2.18. The molecule has 0 aliphatic carbocycles. The number of aryl methyl sites for hydroxylation is 2. The van der Waals surface area contributed by atoms with Crippen LogP contribution in [0.25, 0.3) is 0 Å². The molecule has 2 nitrogen and oxygen atoms in total. The molecule has 0 saturated heterocycles. The molecule has 0 bridgehead atoms. The zero-order chi connectivity index (χ0) is 16.1. The fourth-order valence-electron chi connectivity index (χ4n) is 2.48. The van der Waals surface area contributed by atoms with Crippen LogP contribution in [0.4, 0.5) is 0 Å². The number of hydrogen-bond donors (Lipinski definition) is 1. The first-order valence-corrected chi connectivity index (χ1v) is 7.98. The molecule has 0 aliphatic rings. The van der Waals surface area contributed by atoms with E-state index in [0.29, 0.717) is 11.4 Å². The Hall–Kier alpha value is -1.80. The third-order valence-corrected chi connectivity index (χ3v) is 4.17. The van der Waals surface area contributed by atoms with E-state index in [1.54, 1.807) is 0 Å². The fourth-order valence-corrected chi connectivity index (χ4v) is 2.69. The van der Waals surface area contributed by atoms with Gasteiger partial charge in [-0.3, -0.25) is 4.79 Å². The molecule has 0 unspecified atom stereocenters. The van der Waals surface area contributed by atoms with Gasteiger partial charge in [0.05, 0.1) is 12.5 Å². The molecule has 1 N–H and O–H groups in total. The SMILES string of the molecule is CC[C@@H](NC(=O)Cc1cccc(Cl)c1)c1ccc(C)c(C)c1. The third-order valence-electron chi connectivity index (χ3n) is 3.93. The fraction of sp³-hybridized carbons (Fsp3) is 0.316. The van der Waals surface area contributed by atoms with Crippen LogP contribution in [0, 0.1) is 13.8 Å². The molecule has 2 rings (SSSR count). The zero-order valence-corrected chi connectivity index (χ0v) is 14.1. The number of amides is 1. The highest BCUT2D eigenvalue weighted by molar-refractivity contribution is 6.30. The Balaban J connectivity index is 2.06. The molecule has 0 radical (unpaired) electrons. The van der Waals surface area contributed by atoms with Gasteiger partial charge in [-0.05, 0) is 54.7 Å². The summed E-state index contributed by atoms with van der Waals surface area (Å²) in [6, 6.07) is 13.8. The van der Waals surface area contributed by atoms with Gasteiger partial charge in [-0.15, -0.1) is 0 Å². The van der Waals surface area contributed by atoms with Gasteiger partial charge in [-0.2, -0.15) is 0 Å². The molecule has 0 fully saturated rings. The van der Waals surface area contributed by atoms with Gasteiger partial charge in [0.2, 0.25) is 5.91 Å². The summed E-state index contributed by atoms with van der Waals surface area (Å²) < 4.78 is 0. The van der Waals surface area contributed by atoms with Gasteiger partial charge >= 0.3 is 0 Å². The van der Waals surface area contributed by atoms with E-state index in [4.69, 9.17) is 11.6 Å². The molecule has 1 amide bonds. The lowest BCUT2D eigenvalue weighted by molar-refractivity contribution is -0.121. The van der Waals surface area contributed by atoms with Crippen molar-refractivity contribution in [3.05, 3.63) is 69.7 Å². The molecule has 1 atom stereocenters. The van der Waals surface area contributed by atoms with E-state index in [0.717, 1.165) is 17.5 Å². The van der Waals surface area contributed by atoms with Gasteiger partial charge in [-0.1, -0.05) is 48.9 Å². The van der Waals surface area contributed by atoms with E-state index in [2.05, 4.69) is 44.3 Å². The number of halogens is 1. The highest BCUT2D eigenvalue weighted by Crippen LogP contribution is 2.20. The second kappa shape index (κ2) is 7.46. The summed E-state index contributed by atoms with van der Waals surface area (Å²) in [6.45, 7) is 6.27. The van der Waals surface area contributed by atoms with Crippen LogP contribution >= 0.6 is 11.6 Å². The number of rotatable bonds is 5. The van der Waals surface area contributed by atoms with Crippen molar-refractivity contribution < 1.29 is 4.79 Å². The highest BCUT2D eigenvalue weighted by Gasteiger charge is 2.13. The molecule has 0 saturated carbocycles. The molecule has 0 heterocycles. The quantitative estimate of drug-likeness (QED) is 0.846. The number of carbonyl (C=O) groups excluding carboxylic acids is 1. The van der Waals surface area contributed by atoms with Gasteiger partial charge in [0.15, 0.2) is 0 Å². The van der Waals surface area contributed by atoms with Gasteiger partial charge in [0.1, 0.15) is 0 Å². The second-order valence-corrected chi connectivity index (χ2v) is 6.12. The standard InChI is InChI=1S/C19H22ClNO/c1-4-18(16-9-8-13(2)14(3)10-16)21-19(22)12-15-6-5-7-17(20)11-15/h5-11,18H,4,12H2,1-3H3,(H,21,22)/t18-/m1/s1. The Morgan fingerprint density at radius 3 is 2.55 bits per heavy atom. The smallest absolute Gasteiger partial charge is 0.224 e. The molecule has 116 valence electrons. The van der Waals surface area contributed by atoms with E-state index < -0.39 is 0 Å². The van der Waals surface area contributed by atoms with Crippen molar-refractivity contribution in [3.63, 3.8) is 0 Å². The predicted octanol–water partition coefficient (Wildman–Crippen LogP) is 4.77. The van der Waals surface area contributed by atoms with Crippen LogP contribution in [0.3, 0.4) is 0 Å². The van der Waals surface area contributed by atoms with E-state index in [1.807, 2.05) is 24.3 Å². The molecule has 3 heteroatoms. The van der Waals surface area contributed by atoms with Crippen molar-refractivity contribution in [1.82, 2.24) is 5.32 Å². The first-order chi connectivity index (χ1) is 10.5. The highest BCUT2D eigenvalue weighted by atomic mass is 35.5. The topological polar surface area (TPSA) is 29.1 Å². The monoisotopic (exact) mass is 315 g/mol. The van der Waals surface area contributed by atoms with Gasteiger partial charge in [-0.25, -0.2) is 0 Å². The average Bonchev–Trinajstić information content (AvgIpc) is 2.48. The Kier molecular flexibility index (Phi) is 5.62. The molecule has 0 spiro atoms. The van der Waals surface area contributed by atoms with Crippen LogP contribution in [0.1, 0.15) is 41.6 Å². The molecular weight excluding hydrogens is 294 g/mol. The summed E-state index contributed by atoms with van der Waals surface area (Å²) in [5.41, 5.74) is 4.61. The van der Waals surface area contributed by atoms with Crippen LogP contribution in [-0.4, -0.2) is 5.91 Å². The van der Waals surface area contributed by atoms with Crippen LogP contribution in [-0.2, 0) is 11.2 Å². The summed E-state index contributed by atoms with van der Waals surface area (Å²) >= 11 is 5.96. The first kappa shape index (κ1) is 16.6. The van der Waals surface area contributed by atoms with Crippen LogP contribution in [0.5, 0.6) is 0 Å². The second-order valence-electron chi connectivity index (χ2n) is 5.68. The first-order valence-electron chi connectivity index (χ1n) is 7.60. The van der Waals surface area contributed by atoms with Crippen molar-refractivity contribution in [2.24, 2.45) is 0 Å². The van der Waals surface area contributed by atoms with Gasteiger partial charge < -0.3 is 5.32 Å². The summed E-state index contributed by atoms with van der Waals surface area (Å²) in [4.78, 5) is 12.3. The summed E-state index contributed by atoms with van der Waals surface area (Å²) in [5, 5.41) is 3.77. The maximum Gasteiger partial charge on any atom is 0.224 e. The lowest BCUT2D eigenvalue weighted by Crippen LogP contribution is -2.29. The van der Waals surface area contributed by atoms with E-state index in [1.165, 1.54) is 11.1 Å². The molecular formula is C19H22ClNO. The Labute approximate surface area is 137 Å². The van der Waals surface area contributed by atoms with Crippen LogP contribution in [0.15, 0.2) is 42.5 Å².